The second kappa shape index (κ2) is 10.7. The summed E-state index contributed by atoms with van der Waals surface area (Å²) in [4.78, 5) is 18.5. The number of allylic oxidation sites excluding steroid dienone is 4. The highest BCUT2D eigenvalue weighted by Crippen LogP contribution is 2.30. The topological polar surface area (TPSA) is 73.1 Å². The summed E-state index contributed by atoms with van der Waals surface area (Å²) < 4.78 is 0. The standard InChI is InChI=1S/C25H32N2O3/c1-5-7-9-19(3)10-11-20-12-13-21(16-23(20)28)24(29)27-15-14-25(30,18-27)22(8-6-2)17-26-4/h5-6,8,10-13,16-17,19,28,30H,1-2,7,9,14-15,18H2,3-4H3/b11-10+,22-8+,26-17?. The molecule has 0 aromatic heterocycles. The van der Waals surface area contributed by atoms with Crippen molar-refractivity contribution in [3.63, 3.8) is 0 Å². The normalized spacial score (nSPS) is 20.8. The van der Waals surface area contributed by atoms with E-state index in [0.29, 0.717) is 35.6 Å². The predicted molar refractivity (Wildman–Crippen MR) is 124 cm³/mol. The molecule has 1 amide bonds. The number of carbonyl (C=O) groups excluding carboxylic acids is 1. The van der Waals surface area contributed by atoms with E-state index < -0.39 is 5.60 Å². The fourth-order valence-corrected chi connectivity index (χ4v) is 3.53. The monoisotopic (exact) mass is 408 g/mol. The van der Waals surface area contributed by atoms with Gasteiger partial charge in [0.15, 0.2) is 0 Å². The van der Waals surface area contributed by atoms with Gasteiger partial charge in [-0.1, -0.05) is 49.9 Å². The van der Waals surface area contributed by atoms with E-state index in [1.54, 1.807) is 42.4 Å². The van der Waals surface area contributed by atoms with Crippen LogP contribution in [0.2, 0.25) is 0 Å². The summed E-state index contributed by atoms with van der Waals surface area (Å²) in [7, 11) is 1.64. The van der Waals surface area contributed by atoms with Gasteiger partial charge in [-0.3, -0.25) is 9.79 Å². The molecular formula is C25H32N2O3. The van der Waals surface area contributed by atoms with Crippen molar-refractivity contribution < 1.29 is 15.0 Å². The molecule has 5 heteroatoms. The molecule has 0 spiro atoms. The van der Waals surface area contributed by atoms with E-state index >= 15 is 0 Å². The number of benzene rings is 1. The van der Waals surface area contributed by atoms with Crippen LogP contribution in [-0.2, 0) is 0 Å². The Hall–Kier alpha value is -2.92. The zero-order valence-corrected chi connectivity index (χ0v) is 17.9. The molecule has 2 unspecified atom stereocenters. The van der Waals surface area contributed by atoms with Gasteiger partial charge in [-0.25, -0.2) is 0 Å². The van der Waals surface area contributed by atoms with Crippen LogP contribution in [0.5, 0.6) is 5.75 Å². The van der Waals surface area contributed by atoms with Gasteiger partial charge in [0, 0.05) is 36.5 Å². The molecule has 0 aliphatic carbocycles. The smallest absolute Gasteiger partial charge is 0.254 e. The van der Waals surface area contributed by atoms with E-state index in [1.807, 2.05) is 18.2 Å². The molecule has 1 aliphatic heterocycles. The van der Waals surface area contributed by atoms with Crippen LogP contribution in [0.1, 0.15) is 42.1 Å². The molecule has 1 saturated heterocycles. The molecule has 160 valence electrons. The van der Waals surface area contributed by atoms with Gasteiger partial charge in [-0.05, 0) is 37.3 Å². The number of nitrogens with zero attached hydrogens (tertiary/aromatic N) is 2. The summed E-state index contributed by atoms with van der Waals surface area (Å²) >= 11 is 0. The van der Waals surface area contributed by atoms with Crippen LogP contribution < -0.4 is 0 Å². The average molecular weight is 409 g/mol. The highest BCUT2D eigenvalue weighted by Gasteiger charge is 2.40. The van der Waals surface area contributed by atoms with Gasteiger partial charge in [0.2, 0.25) is 0 Å². The summed E-state index contributed by atoms with van der Waals surface area (Å²) in [5.41, 5.74) is 0.539. The third kappa shape index (κ3) is 5.80. The lowest BCUT2D eigenvalue weighted by Gasteiger charge is -2.24. The lowest BCUT2D eigenvalue weighted by molar-refractivity contribution is 0.0671. The van der Waals surface area contributed by atoms with Crippen molar-refractivity contribution in [2.24, 2.45) is 10.9 Å². The number of phenolic OH excluding ortho intramolecular Hbond substituents is 1. The van der Waals surface area contributed by atoms with Crippen LogP contribution in [0, 0.1) is 5.92 Å². The molecule has 0 radical (unpaired) electrons. The quantitative estimate of drug-likeness (QED) is 0.361. The van der Waals surface area contributed by atoms with Crippen LogP contribution in [0.15, 0.2) is 66.2 Å². The van der Waals surface area contributed by atoms with E-state index in [9.17, 15) is 15.0 Å². The van der Waals surface area contributed by atoms with Crippen molar-refractivity contribution in [1.82, 2.24) is 4.90 Å². The van der Waals surface area contributed by atoms with Crippen LogP contribution in [0.4, 0.5) is 0 Å². The zero-order chi connectivity index (χ0) is 22.1. The summed E-state index contributed by atoms with van der Waals surface area (Å²) in [6.07, 6.45) is 13.1. The second-order valence-electron chi connectivity index (χ2n) is 7.73. The van der Waals surface area contributed by atoms with Crippen LogP contribution >= 0.6 is 0 Å². The molecule has 1 fully saturated rings. The molecule has 2 atom stereocenters. The first-order chi connectivity index (χ1) is 14.3. The maximum absolute atomic E-state index is 12.9. The van der Waals surface area contributed by atoms with E-state index in [4.69, 9.17) is 0 Å². The first kappa shape index (κ1) is 23.4. The molecule has 0 bridgehead atoms. The molecular weight excluding hydrogens is 376 g/mol. The van der Waals surface area contributed by atoms with Crippen molar-refractivity contribution in [3.8, 4) is 5.75 Å². The summed E-state index contributed by atoms with van der Waals surface area (Å²) in [5.74, 6) is 0.214. The molecule has 1 aromatic carbocycles. The van der Waals surface area contributed by atoms with Gasteiger partial charge >= 0.3 is 0 Å². The van der Waals surface area contributed by atoms with Gasteiger partial charge in [-0.2, -0.15) is 0 Å². The fourth-order valence-electron chi connectivity index (χ4n) is 3.53. The average Bonchev–Trinajstić information content (AvgIpc) is 3.13. The van der Waals surface area contributed by atoms with Crippen molar-refractivity contribution in [1.29, 1.82) is 0 Å². The van der Waals surface area contributed by atoms with Crippen molar-refractivity contribution in [2.45, 2.75) is 31.8 Å². The number of aliphatic hydroxyl groups is 1. The molecule has 1 aliphatic rings. The van der Waals surface area contributed by atoms with Crippen molar-refractivity contribution in [3.05, 3.63) is 72.4 Å². The molecule has 2 N–H and O–H groups in total. The highest BCUT2D eigenvalue weighted by molar-refractivity contribution is 5.95. The Kier molecular flexibility index (Phi) is 8.36. The number of phenols is 1. The van der Waals surface area contributed by atoms with Crippen LogP contribution in [0.3, 0.4) is 0 Å². The largest absolute Gasteiger partial charge is 0.507 e. The van der Waals surface area contributed by atoms with Gasteiger partial charge in [0.05, 0.1) is 6.54 Å². The van der Waals surface area contributed by atoms with Crippen LogP contribution in [-0.4, -0.2) is 53.0 Å². The number of β-amino-alcohol motifs (C(OH)–C–C–N with tert-alkyl or cyclic N) is 1. The fraction of sp³-hybridized carbons (Fsp3) is 0.360. The first-order valence-corrected chi connectivity index (χ1v) is 10.2. The summed E-state index contributed by atoms with van der Waals surface area (Å²) in [5, 5.41) is 21.4. The molecule has 30 heavy (non-hydrogen) atoms. The SMILES string of the molecule is C=C/C=C(\C=NC)C1(O)CCN(C(=O)c2ccc(/C=C/C(C)CCC=C)c(O)c2)C1. The molecule has 1 heterocycles. The number of likely N-dealkylation sites (tertiary alicyclic amines) is 1. The predicted octanol–water partition coefficient (Wildman–Crippen LogP) is 4.40. The van der Waals surface area contributed by atoms with Gasteiger partial charge in [0.25, 0.3) is 5.91 Å². The minimum atomic E-state index is -1.16. The Labute approximate surface area is 179 Å². The van der Waals surface area contributed by atoms with Gasteiger partial charge in [-0.15, -0.1) is 6.58 Å². The van der Waals surface area contributed by atoms with Crippen molar-refractivity contribution in [2.75, 3.05) is 20.1 Å². The van der Waals surface area contributed by atoms with E-state index in [2.05, 4.69) is 25.1 Å². The number of hydrogen-bond acceptors (Lipinski definition) is 4. The lowest BCUT2D eigenvalue weighted by atomic mass is 9.93. The van der Waals surface area contributed by atoms with Gasteiger partial charge < -0.3 is 15.1 Å². The molecule has 0 saturated carbocycles. The maximum atomic E-state index is 12.9. The molecule has 2 rings (SSSR count). The number of rotatable bonds is 9. The maximum Gasteiger partial charge on any atom is 0.254 e. The third-order valence-corrected chi connectivity index (χ3v) is 5.35. The zero-order valence-electron chi connectivity index (χ0n) is 17.9. The number of aliphatic imine (C=N–C) groups is 1. The second-order valence-corrected chi connectivity index (χ2v) is 7.73. The lowest BCUT2D eigenvalue weighted by Crippen LogP contribution is -2.38. The highest BCUT2D eigenvalue weighted by atomic mass is 16.3. The Balaban J connectivity index is 2.12. The minimum absolute atomic E-state index is 0.0628. The Morgan fingerprint density at radius 3 is 2.80 bits per heavy atom. The van der Waals surface area contributed by atoms with Gasteiger partial charge in [0.1, 0.15) is 11.4 Å². The van der Waals surface area contributed by atoms with E-state index in [0.717, 1.165) is 12.8 Å². The molecule has 5 nitrogen and oxygen atoms in total. The number of aromatic hydroxyl groups is 1. The Bertz CT molecular complexity index is 869. The number of carbonyl (C=O) groups is 1. The van der Waals surface area contributed by atoms with E-state index in [1.165, 1.54) is 6.07 Å². The third-order valence-electron chi connectivity index (χ3n) is 5.35. The van der Waals surface area contributed by atoms with Crippen LogP contribution in [0.25, 0.3) is 6.08 Å². The summed E-state index contributed by atoms with van der Waals surface area (Å²) in [6, 6.07) is 4.94. The Morgan fingerprint density at radius 1 is 1.40 bits per heavy atom. The van der Waals surface area contributed by atoms with E-state index in [-0.39, 0.29) is 18.2 Å². The summed E-state index contributed by atoms with van der Waals surface area (Å²) in [6.45, 7) is 10.1. The number of hydrogen-bond donors (Lipinski definition) is 2. The first-order valence-electron chi connectivity index (χ1n) is 10.2. The van der Waals surface area contributed by atoms with Crippen molar-refractivity contribution >= 4 is 18.2 Å². The minimum Gasteiger partial charge on any atom is -0.507 e. The molecule has 1 aromatic rings. The number of amides is 1. The Morgan fingerprint density at radius 2 is 2.17 bits per heavy atom.